The van der Waals surface area contributed by atoms with Gasteiger partial charge in [0, 0.05) is 38.2 Å². The summed E-state index contributed by atoms with van der Waals surface area (Å²) in [6.07, 6.45) is 1.53. The molecule has 0 unspecified atom stereocenters. The molecule has 1 aromatic rings. The summed E-state index contributed by atoms with van der Waals surface area (Å²) in [6.45, 7) is 4.05. The maximum absolute atomic E-state index is 12.3. The Kier molecular flexibility index (Phi) is 4.77. The lowest BCUT2D eigenvalue weighted by Gasteiger charge is -2.33. The van der Waals surface area contributed by atoms with Crippen LogP contribution < -0.4 is 0 Å². The normalized spacial score (nSPS) is 16.0. The van der Waals surface area contributed by atoms with Crippen molar-refractivity contribution in [2.45, 2.75) is 19.8 Å². The van der Waals surface area contributed by atoms with Crippen LogP contribution in [-0.2, 0) is 4.79 Å². The third-order valence-electron chi connectivity index (χ3n) is 4.00. The average Bonchev–Trinajstić information content (AvgIpc) is 2.53. The molecule has 2 amide bonds. The highest BCUT2D eigenvalue weighted by Gasteiger charge is 2.28. The number of amides is 2. The van der Waals surface area contributed by atoms with Gasteiger partial charge < -0.3 is 9.80 Å². The van der Waals surface area contributed by atoms with Crippen LogP contribution in [0.3, 0.4) is 0 Å². The number of benzene rings is 1. The molecule has 0 saturated carbocycles. The van der Waals surface area contributed by atoms with Gasteiger partial charge in [-0.3, -0.25) is 9.59 Å². The van der Waals surface area contributed by atoms with Crippen molar-refractivity contribution in [1.29, 1.82) is 0 Å². The minimum atomic E-state index is 0.0692. The zero-order chi connectivity index (χ0) is 14.5. The Balaban J connectivity index is 1.92. The van der Waals surface area contributed by atoms with Crippen LogP contribution in [0.5, 0.6) is 0 Å². The maximum Gasteiger partial charge on any atom is 0.253 e. The molecule has 4 nitrogen and oxygen atoms in total. The van der Waals surface area contributed by atoms with Gasteiger partial charge in [-0.05, 0) is 31.9 Å². The third kappa shape index (κ3) is 3.18. The van der Waals surface area contributed by atoms with Crippen LogP contribution in [0.1, 0.15) is 30.1 Å². The van der Waals surface area contributed by atoms with Gasteiger partial charge in [0.05, 0.1) is 0 Å². The monoisotopic (exact) mass is 274 g/mol. The Morgan fingerprint density at radius 3 is 2.35 bits per heavy atom. The van der Waals surface area contributed by atoms with E-state index in [9.17, 15) is 9.59 Å². The summed E-state index contributed by atoms with van der Waals surface area (Å²) in [7, 11) is 1.84. The Labute approximate surface area is 120 Å². The summed E-state index contributed by atoms with van der Waals surface area (Å²) in [5.74, 6) is 0.347. The topological polar surface area (TPSA) is 40.6 Å². The van der Waals surface area contributed by atoms with Gasteiger partial charge in [-0.1, -0.05) is 18.2 Å². The van der Waals surface area contributed by atoms with Crippen molar-refractivity contribution >= 4 is 11.8 Å². The SMILES string of the molecule is CCN(C)C(=O)C1CCN(C(=O)c2ccccc2)CC1. The number of carbonyl (C=O) groups is 2. The first kappa shape index (κ1) is 14.6. The van der Waals surface area contributed by atoms with Crippen LogP contribution in [0.4, 0.5) is 0 Å². The lowest BCUT2D eigenvalue weighted by Crippen LogP contribution is -2.43. The van der Waals surface area contributed by atoms with Crippen molar-refractivity contribution in [3.63, 3.8) is 0 Å². The maximum atomic E-state index is 12.3. The van der Waals surface area contributed by atoms with Crippen molar-refractivity contribution in [3.05, 3.63) is 35.9 Å². The van der Waals surface area contributed by atoms with Gasteiger partial charge in [-0.25, -0.2) is 0 Å². The second-order valence-corrected chi connectivity index (χ2v) is 5.28. The number of rotatable bonds is 3. The fraction of sp³-hybridized carbons (Fsp3) is 0.500. The molecule has 0 atom stereocenters. The second-order valence-electron chi connectivity index (χ2n) is 5.28. The zero-order valence-corrected chi connectivity index (χ0v) is 12.2. The fourth-order valence-corrected chi connectivity index (χ4v) is 2.56. The van der Waals surface area contributed by atoms with E-state index in [4.69, 9.17) is 0 Å². The van der Waals surface area contributed by atoms with Crippen LogP contribution in [0, 0.1) is 5.92 Å². The van der Waals surface area contributed by atoms with Gasteiger partial charge in [-0.2, -0.15) is 0 Å². The van der Waals surface area contributed by atoms with E-state index in [0.29, 0.717) is 13.1 Å². The number of piperidine rings is 1. The van der Waals surface area contributed by atoms with Crippen molar-refractivity contribution in [3.8, 4) is 0 Å². The molecule has 1 saturated heterocycles. The molecule has 1 aromatic carbocycles. The molecule has 1 aliphatic rings. The Hall–Kier alpha value is -1.84. The smallest absolute Gasteiger partial charge is 0.253 e. The van der Waals surface area contributed by atoms with Gasteiger partial charge >= 0.3 is 0 Å². The van der Waals surface area contributed by atoms with E-state index < -0.39 is 0 Å². The lowest BCUT2D eigenvalue weighted by molar-refractivity contribution is -0.135. The first-order chi connectivity index (χ1) is 9.63. The molecular weight excluding hydrogens is 252 g/mol. The highest BCUT2D eigenvalue weighted by Crippen LogP contribution is 2.20. The Morgan fingerprint density at radius 2 is 1.80 bits per heavy atom. The first-order valence-electron chi connectivity index (χ1n) is 7.22. The van der Waals surface area contributed by atoms with E-state index in [-0.39, 0.29) is 17.7 Å². The van der Waals surface area contributed by atoms with Crippen LogP contribution in [0.25, 0.3) is 0 Å². The highest BCUT2D eigenvalue weighted by molar-refractivity contribution is 5.94. The molecule has 0 radical (unpaired) electrons. The van der Waals surface area contributed by atoms with Crippen molar-refractivity contribution in [2.24, 2.45) is 5.92 Å². The molecule has 108 valence electrons. The largest absolute Gasteiger partial charge is 0.346 e. The van der Waals surface area contributed by atoms with Crippen molar-refractivity contribution in [2.75, 3.05) is 26.7 Å². The molecule has 1 aliphatic heterocycles. The molecule has 20 heavy (non-hydrogen) atoms. The number of carbonyl (C=O) groups excluding carboxylic acids is 2. The molecule has 0 aliphatic carbocycles. The van der Waals surface area contributed by atoms with Crippen LogP contribution in [0.15, 0.2) is 30.3 Å². The molecular formula is C16H22N2O2. The van der Waals surface area contributed by atoms with E-state index in [1.165, 1.54) is 0 Å². The predicted molar refractivity (Wildman–Crippen MR) is 78.4 cm³/mol. The molecule has 4 heteroatoms. The number of nitrogens with zero attached hydrogens (tertiary/aromatic N) is 2. The van der Waals surface area contributed by atoms with Gasteiger partial charge in [0.25, 0.3) is 5.91 Å². The fourth-order valence-electron chi connectivity index (χ4n) is 2.56. The molecule has 0 aromatic heterocycles. The van der Waals surface area contributed by atoms with Gasteiger partial charge in [0.2, 0.25) is 5.91 Å². The first-order valence-corrected chi connectivity index (χ1v) is 7.22. The second kappa shape index (κ2) is 6.55. The Morgan fingerprint density at radius 1 is 1.20 bits per heavy atom. The van der Waals surface area contributed by atoms with Gasteiger partial charge in [-0.15, -0.1) is 0 Å². The van der Waals surface area contributed by atoms with E-state index in [1.807, 2.05) is 49.2 Å². The minimum Gasteiger partial charge on any atom is -0.346 e. The van der Waals surface area contributed by atoms with Crippen molar-refractivity contribution < 1.29 is 9.59 Å². The van der Waals surface area contributed by atoms with E-state index in [2.05, 4.69) is 0 Å². The van der Waals surface area contributed by atoms with E-state index in [0.717, 1.165) is 24.9 Å². The summed E-state index contributed by atoms with van der Waals surface area (Å²) in [5, 5.41) is 0. The molecule has 0 spiro atoms. The number of hydrogen-bond donors (Lipinski definition) is 0. The predicted octanol–water partition coefficient (Wildman–Crippen LogP) is 2.02. The summed E-state index contributed by atoms with van der Waals surface area (Å²) in [5.41, 5.74) is 0.725. The minimum absolute atomic E-state index is 0.0692. The summed E-state index contributed by atoms with van der Waals surface area (Å²) in [4.78, 5) is 28.0. The van der Waals surface area contributed by atoms with Crippen LogP contribution in [0.2, 0.25) is 0 Å². The van der Waals surface area contributed by atoms with Crippen LogP contribution >= 0.6 is 0 Å². The third-order valence-corrected chi connectivity index (χ3v) is 4.00. The van der Waals surface area contributed by atoms with Gasteiger partial charge in [0.15, 0.2) is 0 Å². The number of hydrogen-bond acceptors (Lipinski definition) is 2. The standard InChI is InChI=1S/C16H22N2O2/c1-3-17(2)15(19)14-9-11-18(12-10-14)16(20)13-7-5-4-6-8-13/h4-8,14H,3,9-12H2,1-2H3. The van der Waals surface area contributed by atoms with Gasteiger partial charge in [0.1, 0.15) is 0 Å². The number of likely N-dealkylation sites (tertiary alicyclic amines) is 1. The summed E-state index contributed by atoms with van der Waals surface area (Å²) >= 11 is 0. The molecule has 0 bridgehead atoms. The quantitative estimate of drug-likeness (QED) is 0.846. The highest BCUT2D eigenvalue weighted by atomic mass is 16.2. The van der Waals surface area contributed by atoms with E-state index in [1.54, 1.807) is 4.90 Å². The molecule has 1 heterocycles. The molecule has 2 rings (SSSR count). The van der Waals surface area contributed by atoms with Crippen molar-refractivity contribution in [1.82, 2.24) is 9.80 Å². The molecule has 0 N–H and O–H groups in total. The Bertz CT molecular complexity index is 465. The average molecular weight is 274 g/mol. The summed E-state index contributed by atoms with van der Waals surface area (Å²) in [6, 6.07) is 9.33. The molecule has 1 fully saturated rings. The van der Waals surface area contributed by atoms with E-state index >= 15 is 0 Å². The summed E-state index contributed by atoms with van der Waals surface area (Å²) < 4.78 is 0. The zero-order valence-electron chi connectivity index (χ0n) is 12.2. The lowest BCUT2D eigenvalue weighted by atomic mass is 9.95. The van der Waals surface area contributed by atoms with Crippen LogP contribution in [-0.4, -0.2) is 48.3 Å².